The summed E-state index contributed by atoms with van der Waals surface area (Å²) in [6.45, 7) is 3.89. The summed E-state index contributed by atoms with van der Waals surface area (Å²) in [5.74, 6) is -0.462. The Morgan fingerprint density at radius 3 is 1.06 bits per heavy atom. The van der Waals surface area contributed by atoms with E-state index >= 15 is 0 Å². The molecule has 0 radical (unpaired) electrons. The van der Waals surface area contributed by atoms with Gasteiger partial charge in [0, 0.05) is 102 Å². The molecule has 0 unspecified atom stereocenters. The van der Waals surface area contributed by atoms with Crippen molar-refractivity contribution in [1.82, 2.24) is 13.7 Å². The maximum Gasteiger partial charge on any atom is 0.214 e. The Morgan fingerprint density at radius 2 is 0.663 bits per heavy atom. The molecule has 6 nitrogen and oxygen atoms in total. The van der Waals surface area contributed by atoms with Crippen LogP contribution < -0.4 is 13.7 Å². The molecular weight excluding hydrogens is 1080 g/mol. The van der Waals surface area contributed by atoms with Gasteiger partial charge in [-0.15, -0.1) is 0 Å². The van der Waals surface area contributed by atoms with Crippen molar-refractivity contribution in [3.8, 4) is 33.8 Å². The quantitative estimate of drug-likeness (QED) is 0.157. The first-order valence-electron chi connectivity index (χ1n) is 36.2. The highest BCUT2D eigenvalue weighted by Gasteiger charge is 2.24. The molecular formula is C83H83N6+3. The number of rotatable bonds is 4. The van der Waals surface area contributed by atoms with Gasteiger partial charge in [-0.1, -0.05) is 138 Å². The summed E-state index contributed by atoms with van der Waals surface area (Å²) < 4.78 is 91.6. The van der Waals surface area contributed by atoms with E-state index in [4.69, 9.17) is 13.7 Å². The Labute approximate surface area is 538 Å². The normalized spacial score (nSPS) is 15.4. The third kappa shape index (κ3) is 10.2. The van der Waals surface area contributed by atoms with Crippen molar-refractivity contribution in [3.05, 3.63) is 232 Å². The second-order valence-corrected chi connectivity index (χ2v) is 25.5. The van der Waals surface area contributed by atoms with Crippen LogP contribution in [0.4, 0.5) is 0 Å². The molecule has 0 bridgehead atoms. The monoisotopic (exact) mass is 1170 g/mol. The highest BCUT2D eigenvalue weighted by atomic mass is 15.0. The summed E-state index contributed by atoms with van der Waals surface area (Å²) in [4.78, 5) is 0. The first-order chi connectivity index (χ1) is 46.8. The summed E-state index contributed by atoms with van der Waals surface area (Å²) in [6, 6.07) is 56.3. The van der Waals surface area contributed by atoms with Gasteiger partial charge < -0.3 is 13.7 Å². The predicted molar refractivity (Wildman–Crippen MR) is 377 cm³/mol. The van der Waals surface area contributed by atoms with Gasteiger partial charge >= 0.3 is 0 Å². The number of fused-ring (bicyclic) bond motifs is 12. The summed E-state index contributed by atoms with van der Waals surface area (Å²) >= 11 is 0. The number of hydrogen-bond donors (Lipinski definition) is 0. The van der Waals surface area contributed by atoms with E-state index in [0.29, 0.717) is 16.7 Å². The van der Waals surface area contributed by atoms with E-state index in [9.17, 15) is 0 Å². The molecule has 0 aliphatic heterocycles. The molecule has 9 aromatic carbocycles. The van der Waals surface area contributed by atoms with Crippen LogP contribution in [0.25, 0.3) is 132 Å². The number of aryl methyl sites for hydroxylation is 14. The van der Waals surface area contributed by atoms with Gasteiger partial charge in [0.05, 0.1) is 32.7 Å². The molecule has 442 valence electrons. The minimum Gasteiger partial charge on any atom is -0.343 e. The van der Waals surface area contributed by atoms with E-state index in [1.54, 1.807) is 36.4 Å². The summed E-state index contributed by atoms with van der Waals surface area (Å²) in [5, 5.41) is 14.7. The zero-order valence-corrected chi connectivity index (χ0v) is 53.0. The van der Waals surface area contributed by atoms with Gasteiger partial charge in [-0.3, -0.25) is 0 Å². The third-order valence-corrected chi connectivity index (χ3v) is 19.3. The van der Waals surface area contributed by atoms with Gasteiger partial charge in [-0.25, -0.2) is 13.7 Å². The maximum absolute atomic E-state index is 9.08. The van der Waals surface area contributed by atoms with Gasteiger partial charge in [0.2, 0.25) is 17.1 Å². The zero-order valence-electron chi connectivity index (χ0n) is 63.0. The third-order valence-electron chi connectivity index (χ3n) is 19.3. The topological polar surface area (TPSA) is 26.4 Å². The van der Waals surface area contributed by atoms with E-state index < -0.39 is 26.4 Å². The predicted octanol–water partition coefficient (Wildman–Crippen LogP) is 19.4. The largest absolute Gasteiger partial charge is 0.343 e. The van der Waals surface area contributed by atoms with Gasteiger partial charge in [-0.05, 0) is 183 Å². The van der Waals surface area contributed by atoms with E-state index in [-0.39, 0.29) is 0 Å². The number of pyridine rings is 3. The first kappa shape index (κ1) is 46.7. The molecule has 89 heavy (non-hydrogen) atoms. The molecule has 6 aromatic heterocycles. The summed E-state index contributed by atoms with van der Waals surface area (Å²) in [6.07, 6.45) is 12.0. The molecule has 1 saturated carbocycles. The molecule has 0 spiro atoms. The van der Waals surface area contributed by atoms with Crippen molar-refractivity contribution in [2.45, 2.75) is 93.2 Å². The SMILES string of the molecule is [2H]C([2H])([2H])c1ccc(-c2cc3c(c[n+]2C)c2cc4cc(C)ccc4cc2n3C)c(C)c1.[2H]C([2H])([2H])c1ccc(-c2cc3c(c[n+]2C)c2cc4ccc(C)cc4cc2n3C)c(C)c1.[2H]C([2H])([2H])c1ccc(-c2cc3c(c[n+]2C)c2cc4ccc(C5([2H])CCCCC5)cc4cc2n3C)c(C)c1. The molecule has 0 amide bonds. The Bertz CT molecular complexity index is 5760. The fourth-order valence-corrected chi connectivity index (χ4v) is 14.5. The minimum atomic E-state index is -2.11. The van der Waals surface area contributed by atoms with Crippen LogP contribution in [0.2, 0.25) is 0 Å². The Balaban J connectivity index is 0.000000127. The van der Waals surface area contributed by atoms with Crippen LogP contribution in [-0.4, -0.2) is 13.7 Å². The van der Waals surface area contributed by atoms with Crippen molar-refractivity contribution < 1.29 is 27.4 Å². The summed E-state index contributed by atoms with van der Waals surface area (Å²) in [7, 11) is 12.5. The number of benzene rings is 9. The van der Waals surface area contributed by atoms with Crippen LogP contribution >= 0.6 is 0 Å². The van der Waals surface area contributed by atoms with Crippen LogP contribution in [-0.2, 0) is 42.3 Å². The Kier molecular flexibility index (Phi) is 11.7. The Hall–Kier alpha value is -9.39. The van der Waals surface area contributed by atoms with E-state index in [2.05, 4.69) is 211 Å². The molecule has 16 rings (SSSR count). The lowest BCUT2D eigenvalue weighted by molar-refractivity contribution is -0.659. The van der Waals surface area contributed by atoms with Crippen molar-refractivity contribution in [3.63, 3.8) is 0 Å². The lowest BCUT2D eigenvalue weighted by Crippen LogP contribution is -2.30. The van der Waals surface area contributed by atoms with Gasteiger partial charge in [0.1, 0.15) is 21.1 Å². The fraction of sp³-hybridized carbons (Fsp3) is 0.241. The highest BCUT2D eigenvalue weighted by molar-refractivity contribution is 6.15. The molecule has 15 aromatic rings. The molecule has 0 N–H and O–H groups in total. The van der Waals surface area contributed by atoms with Crippen LogP contribution in [0.5, 0.6) is 0 Å². The average Bonchev–Trinajstić information content (AvgIpc) is 1.62. The molecule has 0 saturated heterocycles. The molecule has 6 heteroatoms. The molecule has 6 heterocycles. The number of aromatic nitrogens is 6. The zero-order chi connectivity index (χ0) is 70.3. The van der Waals surface area contributed by atoms with Crippen molar-refractivity contribution in [1.29, 1.82) is 0 Å². The van der Waals surface area contributed by atoms with Crippen molar-refractivity contribution in [2.24, 2.45) is 42.3 Å². The second-order valence-electron chi connectivity index (χ2n) is 25.5. The standard InChI is InChI=1S/C31H33N2.2C26H25N2/c1-20-10-13-26(21(2)14-20)29-18-31-28(19-32(29)3)27-16-24-12-11-23(22-8-6-5-7-9-22)15-25(24)17-30(27)33(31)4;1-16-7-9-21(18(3)10-16)24-14-26-23(15-27(24)4)22-12-20-11-17(2)6-8-19(20)13-25(22)28(26)5;1-16-7-9-21(18(3)10-16)24-14-26-23(15-27(24)4)22-12-19-8-6-17(2)11-20(19)13-25(22)28(26)5/h10-19,22H,5-9H2,1-4H3;2*6-15H,1-5H3/q3*+1/i1D3,22D;2*1D3. The van der Waals surface area contributed by atoms with Crippen LogP contribution in [0, 0.1) is 55.2 Å². The first-order valence-corrected chi connectivity index (χ1v) is 31.2. The smallest absolute Gasteiger partial charge is 0.214 e. The lowest BCUT2D eigenvalue weighted by atomic mass is 9.83. The van der Waals surface area contributed by atoms with Crippen LogP contribution in [0.1, 0.15) is 102 Å². The van der Waals surface area contributed by atoms with Crippen LogP contribution in [0.3, 0.4) is 0 Å². The van der Waals surface area contributed by atoms with E-state index in [0.717, 1.165) is 98.3 Å². The molecule has 1 fully saturated rings. The van der Waals surface area contributed by atoms with Gasteiger partial charge in [0.25, 0.3) is 0 Å². The van der Waals surface area contributed by atoms with Crippen molar-refractivity contribution in [2.75, 3.05) is 0 Å². The summed E-state index contributed by atoms with van der Waals surface area (Å²) in [5.41, 5.74) is 21.0. The lowest BCUT2D eigenvalue weighted by Gasteiger charge is -2.22. The molecule has 0 atom stereocenters. The van der Waals surface area contributed by atoms with Crippen LogP contribution in [0.15, 0.2) is 182 Å². The number of hydrogen-bond acceptors (Lipinski definition) is 0. The second kappa shape index (κ2) is 22.3. The fourth-order valence-electron chi connectivity index (χ4n) is 14.5. The Morgan fingerprint density at radius 1 is 0.337 bits per heavy atom. The molecule has 1 aliphatic rings. The highest BCUT2D eigenvalue weighted by Crippen LogP contribution is 2.39. The molecule has 1 aliphatic carbocycles. The van der Waals surface area contributed by atoms with Gasteiger partial charge in [-0.2, -0.15) is 0 Å². The maximum atomic E-state index is 9.08. The number of nitrogens with zero attached hydrogens (tertiary/aromatic N) is 6. The average molecular weight is 1170 g/mol. The van der Waals surface area contributed by atoms with E-state index in [1.807, 2.05) is 39.0 Å². The van der Waals surface area contributed by atoms with E-state index in [1.165, 1.54) is 98.7 Å². The van der Waals surface area contributed by atoms with Crippen molar-refractivity contribution >= 4 is 97.7 Å². The minimum absolute atomic E-state index is 0.371. The van der Waals surface area contributed by atoms with Gasteiger partial charge in [0.15, 0.2) is 18.6 Å².